The van der Waals surface area contributed by atoms with Crippen LogP contribution < -0.4 is 5.32 Å². The molecule has 0 radical (unpaired) electrons. The van der Waals surface area contributed by atoms with Gasteiger partial charge >= 0.3 is 6.03 Å². The van der Waals surface area contributed by atoms with E-state index in [4.69, 9.17) is 4.74 Å². The molecule has 2 aliphatic rings. The molecule has 20 heavy (non-hydrogen) atoms. The lowest BCUT2D eigenvalue weighted by atomic mass is 9.94. The van der Waals surface area contributed by atoms with Crippen molar-refractivity contribution in [3.63, 3.8) is 0 Å². The molecule has 2 rings (SSSR count). The number of carbonyl (C=O) groups excluding carboxylic acids is 1. The molecule has 1 saturated heterocycles. The highest BCUT2D eigenvalue weighted by Crippen LogP contribution is 2.37. The van der Waals surface area contributed by atoms with Crippen molar-refractivity contribution < 1.29 is 14.6 Å². The molecule has 5 nitrogen and oxygen atoms in total. The summed E-state index contributed by atoms with van der Waals surface area (Å²) in [5.41, 5.74) is -0.581. The summed E-state index contributed by atoms with van der Waals surface area (Å²) in [6.45, 7) is 8.49. The van der Waals surface area contributed by atoms with E-state index in [1.54, 1.807) is 11.9 Å². The van der Waals surface area contributed by atoms with E-state index in [1.165, 1.54) is 0 Å². The zero-order valence-corrected chi connectivity index (χ0v) is 13.3. The highest BCUT2D eigenvalue weighted by Gasteiger charge is 2.46. The molecule has 5 heteroatoms. The molecule has 0 aromatic heterocycles. The van der Waals surface area contributed by atoms with Gasteiger partial charge in [-0.2, -0.15) is 0 Å². The molecule has 0 spiro atoms. The summed E-state index contributed by atoms with van der Waals surface area (Å²) in [6, 6.07) is -0.144. The van der Waals surface area contributed by atoms with Crippen molar-refractivity contribution in [2.24, 2.45) is 5.92 Å². The number of amides is 2. The van der Waals surface area contributed by atoms with Crippen molar-refractivity contribution in [1.82, 2.24) is 10.2 Å². The number of urea groups is 1. The Balaban J connectivity index is 1.87. The first kappa shape index (κ1) is 15.6. The van der Waals surface area contributed by atoms with Gasteiger partial charge in [-0.25, -0.2) is 4.79 Å². The van der Waals surface area contributed by atoms with Gasteiger partial charge in [0.05, 0.1) is 23.3 Å². The summed E-state index contributed by atoms with van der Waals surface area (Å²) in [5.74, 6) is 0.385. The standard InChI is InChI=1S/C15H28N2O3/c1-14(2)8-12(15(3,4)20-14)16-13(19)17(5)9-11(18)10-6-7-10/h10-12,18H,6-9H2,1-5H3,(H,16,19). The number of likely N-dealkylation sites (N-methyl/N-ethyl adjacent to an activating group) is 1. The lowest BCUT2D eigenvalue weighted by Gasteiger charge is -2.29. The van der Waals surface area contributed by atoms with Crippen LogP contribution in [0.2, 0.25) is 0 Å². The van der Waals surface area contributed by atoms with E-state index in [0.29, 0.717) is 12.5 Å². The fourth-order valence-corrected chi connectivity index (χ4v) is 3.04. The second-order valence-corrected chi connectivity index (χ2v) is 7.46. The number of nitrogens with one attached hydrogen (secondary N) is 1. The van der Waals surface area contributed by atoms with E-state index >= 15 is 0 Å². The van der Waals surface area contributed by atoms with Crippen LogP contribution >= 0.6 is 0 Å². The summed E-state index contributed by atoms with van der Waals surface area (Å²) in [5, 5.41) is 12.9. The Labute approximate surface area is 121 Å². The van der Waals surface area contributed by atoms with E-state index in [-0.39, 0.29) is 23.3 Å². The van der Waals surface area contributed by atoms with E-state index in [1.807, 2.05) is 27.7 Å². The van der Waals surface area contributed by atoms with Crippen molar-refractivity contribution in [2.45, 2.75) is 70.3 Å². The molecule has 1 aliphatic heterocycles. The zero-order chi connectivity index (χ0) is 15.1. The Hall–Kier alpha value is -0.810. The van der Waals surface area contributed by atoms with E-state index < -0.39 is 6.10 Å². The van der Waals surface area contributed by atoms with Gasteiger partial charge in [0.25, 0.3) is 0 Å². The monoisotopic (exact) mass is 284 g/mol. The quantitative estimate of drug-likeness (QED) is 0.826. The third kappa shape index (κ3) is 3.64. The molecule has 2 fully saturated rings. The van der Waals surface area contributed by atoms with Gasteiger partial charge in [0.1, 0.15) is 0 Å². The first-order valence-corrected chi connectivity index (χ1v) is 7.50. The molecule has 0 aromatic rings. The Bertz CT molecular complexity index is 377. The van der Waals surface area contributed by atoms with E-state index in [0.717, 1.165) is 19.3 Å². The van der Waals surface area contributed by atoms with Gasteiger partial charge in [-0.1, -0.05) is 0 Å². The van der Waals surface area contributed by atoms with Gasteiger partial charge in [-0.15, -0.1) is 0 Å². The van der Waals surface area contributed by atoms with Gasteiger partial charge in [0, 0.05) is 13.6 Å². The minimum Gasteiger partial charge on any atom is -0.391 e. The summed E-state index contributed by atoms with van der Waals surface area (Å²) in [4.78, 5) is 13.8. The van der Waals surface area contributed by atoms with Gasteiger partial charge in [-0.05, 0) is 52.9 Å². The molecule has 2 atom stereocenters. The van der Waals surface area contributed by atoms with Crippen LogP contribution in [0.25, 0.3) is 0 Å². The number of hydrogen-bond acceptors (Lipinski definition) is 3. The Morgan fingerprint density at radius 2 is 2.00 bits per heavy atom. The number of ether oxygens (including phenoxy) is 1. The number of carbonyl (C=O) groups is 1. The molecular weight excluding hydrogens is 256 g/mol. The number of hydrogen-bond donors (Lipinski definition) is 2. The van der Waals surface area contributed by atoms with Crippen LogP contribution in [0.1, 0.15) is 47.0 Å². The van der Waals surface area contributed by atoms with Crippen LogP contribution in [0.5, 0.6) is 0 Å². The lowest BCUT2D eigenvalue weighted by Crippen LogP contribution is -2.51. The van der Waals surface area contributed by atoms with Crippen LogP contribution in [0.4, 0.5) is 4.79 Å². The SMILES string of the molecule is CN(CC(O)C1CC1)C(=O)NC1CC(C)(C)OC1(C)C. The Morgan fingerprint density at radius 1 is 1.40 bits per heavy atom. The average molecular weight is 284 g/mol. The molecule has 0 aromatic carbocycles. The fraction of sp³-hybridized carbons (Fsp3) is 0.933. The third-order valence-corrected chi connectivity index (χ3v) is 4.35. The molecule has 1 saturated carbocycles. The van der Waals surface area contributed by atoms with Gasteiger partial charge < -0.3 is 20.1 Å². The molecule has 2 unspecified atom stereocenters. The maximum absolute atomic E-state index is 12.2. The zero-order valence-electron chi connectivity index (χ0n) is 13.3. The maximum Gasteiger partial charge on any atom is 0.317 e. The number of rotatable bonds is 4. The lowest BCUT2D eigenvalue weighted by molar-refractivity contribution is -0.0692. The topological polar surface area (TPSA) is 61.8 Å². The summed E-state index contributed by atoms with van der Waals surface area (Å²) in [6.07, 6.45) is 2.56. The molecule has 2 N–H and O–H groups in total. The van der Waals surface area contributed by atoms with Gasteiger partial charge in [0.2, 0.25) is 0 Å². The highest BCUT2D eigenvalue weighted by atomic mass is 16.5. The largest absolute Gasteiger partial charge is 0.391 e. The highest BCUT2D eigenvalue weighted by molar-refractivity contribution is 5.74. The average Bonchev–Trinajstić information content (AvgIpc) is 3.06. The van der Waals surface area contributed by atoms with E-state index in [2.05, 4.69) is 5.32 Å². The second-order valence-electron chi connectivity index (χ2n) is 7.46. The van der Waals surface area contributed by atoms with Crippen molar-refractivity contribution in [3.05, 3.63) is 0 Å². The predicted octanol–water partition coefficient (Wildman–Crippen LogP) is 1.74. The van der Waals surface area contributed by atoms with E-state index in [9.17, 15) is 9.90 Å². The predicted molar refractivity (Wildman–Crippen MR) is 77.5 cm³/mol. The smallest absolute Gasteiger partial charge is 0.317 e. The molecule has 1 aliphatic carbocycles. The second kappa shape index (κ2) is 5.19. The molecule has 116 valence electrons. The number of aliphatic hydroxyl groups excluding tert-OH is 1. The Kier molecular flexibility index (Phi) is 4.04. The van der Waals surface area contributed by atoms with Crippen molar-refractivity contribution in [1.29, 1.82) is 0 Å². The van der Waals surface area contributed by atoms with Crippen LogP contribution in [0.15, 0.2) is 0 Å². The molecular formula is C15H28N2O3. The number of nitrogens with zero attached hydrogens (tertiary/aromatic N) is 1. The van der Waals surface area contributed by atoms with Crippen molar-refractivity contribution in [3.8, 4) is 0 Å². The summed E-state index contributed by atoms with van der Waals surface area (Å²) < 4.78 is 5.98. The molecule has 1 heterocycles. The minimum atomic E-state index is -0.393. The summed E-state index contributed by atoms with van der Waals surface area (Å²) in [7, 11) is 1.73. The maximum atomic E-state index is 12.2. The molecule has 0 bridgehead atoms. The third-order valence-electron chi connectivity index (χ3n) is 4.35. The van der Waals surface area contributed by atoms with Gasteiger partial charge in [0.15, 0.2) is 0 Å². The normalized spacial score (nSPS) is 29.0. The van der Waals surface area contributed by atoms with Crippen molar-refractivity contribution in [2.75, 3.05) is 13.6 Å². The molecule has 2 amide bonds. The van der Waals surface area contributed by atoms with Crippen LogP contribution in [0, 0.1) is 5.92 Å². The van der Waals surface area contributed by atoms with Gasteiger partial charge in [-0.3, -0.25) is 0 Å². The van der Waals surface area contributed by atoms with Crippen LogP contribution in [-0.4, -0.2) is 53.0 Å². The first-order valence-electron chi connectivity index (χ1n) is 7.50. The number of aliphatic hydroxyl groups is 1. The fourth-order valence-electron chi connectivity index (χ4n) is 3.04. The first-order chi connectivity index (χ1) is 9.11. The van der Waals surface area contributed by atoms with Crippen LogP contribution in [-0.2, 0) is 4.74 Å². The van der Waals surface area contributed by atoms with Crippen LogP contribution in [0.3, 0.4) is 0 Å². The minimum absolute atomic E-state index is 0.00878. The summed E-state index contributed by atoms with van der Waals surface area (Å²) >= 11 is 0. The van der Waals surface area contributed by atoms with Crippen molar-refractivity contribution >= 4 is 6.03 Å². The Morgan fingerprint density at radius 3 is 2.45 bits per heavy atom.